The molecule has 1 aromatic rings. The SMILES string of the molecule is CC(C)[n+]1cc(O)cc([B-](F)(F)F)c1. The second kappa shape index (κ2) is 3.51. The highest BCUT2D eigenvalue weighted by Gasteiger charge is 2.29. The van der Waals surface area contributed by atoms with E-state index in [-0.39, 0.29) is 11.8 Å². The molecule has 1 heterocycles. The lowest BCUT2D eigenvalue weighted by Crippen LogP contribution is -2.44. The minimum absolute atomic E-state index is 0.112. The molecule has 0 aliphatic heterocycles. The van der Waals surface area contributed by atoms with Gasteiger partial charge >= 0.3 is 6.98 Å². The van der Waals surface area contributed by atoms with E-state index in [0.29, 0.717) is 0 Å². The van der Waals surface area contributed by atoms with E-state index in [1.54, 1.807) is 13.8 Å². The smallest absolute Gasteiger partial charge is 0.503 e. The summed E-state index contributed by atoms with van der Waals surface area (Å²) in [7, 11) is 0. The van der Waals surface area contributed by atoms with Gasteiger partial charge in [-0.25, -0.2) is 4.57 Å². The summed E-state index contributed by atoms with van der Waals surface area (Å²) in [6.45, 7) is -1.57. The van der Waals surface area contributed by atoms with Crippen LogP contribution in [0.15, 0.2) is 18.5 Å². The predicted octanol–water partition coefficient (Wildman–Crippen LogP) is 1.31. The first kappa shape index (κ1) is 10.9. The normalized spacial score (nSPS) is 12.1. The first-order valence-corrected chi connectivity index (χ1v) is 4.25. The monoisotopic (exact) mass is 205 g/mol. The summed E-state index contributed by atoms with van der Waals surface area (Å²) in [5, 5.41) is 9.10. The average Bonchev–Trinajstić information content (AvgIpc) is 2.01. The lowest BCUT2D eigenvalue weighted by atomic mass is 9.81. The summed E-state index contributed by atoms with van der Waals surface area (Å²) in [6, 6.07) is 0.623. The van der Waals surface area contributed by atoms with Crippen molar-refractivity contribution in [3.63, 3.8) is 0 Å². The summed E-state index contributed by atoms with van der Waals surface area (Å²) in [4.78, 5) is 0. The summed E-state index contributed by atoms with van der Waals surface area (Å²) in [6.07, 6.45) is 2.28. The van der Waals surface area contributed by atoms with Crippen LogP contribution in [0.3, 0.4) is 0 Å². The highest BCUT2D eigenvalue weighted by atomic mass is 19.4. The van der Waals surface area contributed by atoms with Gasteiger partial charge in [-0.05, 0) is 25.4 Å². The Labute approximate surface area is 80.1 Å². The maximum Gasteiger partial charge on any atom is 0.515 e. The molecule has 0 amide bonds. The van der Waals surface area contributed by atoms with Crippen LogP contribution in [-0.4, -0.2) is 12.1 Å². The molecule has 78 valence electrons. The van der Waals surface area contributed by atoms with E-state index in [9.17, 15) is 12.9 Å². The molecule has 0 spiro atoms. The minimum Gasteiger partial charge on any atom is -0.503 e. The molecule has 0 bridgehead atoms. The van der Waals surface area contributed by atoms with Crippen molar-refractivity contribution in [2.45, 2.75) is 19.9 Å². The van der Waals surface area contributed by atoms with Crippen LogP contribution in [0.5, 0.6) is 5.75 Å². The van der Waals surface area contributed by atoms with E-state index >= 15 is 0 Å². The van der Waals surface area contributed by atoms with E-state index in [4.69, 9.17) is 5.11 Å². The molecule has 0 unspecified atom stereocenters. The topological polar surface area (TPSA) is 24.1 Å². The molecule has 1 aromatic heterocycles. The minimum atomic E-state index is -5.05. The first-order valence-electron chi connectivity index (χ1n) is 4.25. The predicted molar refractivity (Wildman–Crippen MR) is 47.4 cm³/mol. The van der Waals surface area contributed by atoms with Crippen LogP contribution in [0.2, 0.25) is 0 Å². The number of halogens is 3. The van der Waals surface area contributed by atoms with Gasteiger partial charge in [-0.1, -0.05) is 0 Å². The van der Waals surface area contributed by atoms with Crippen molar-refractivity contribution in [2.75, 3.05) is 0 Å². The maximum atomic E-state index is 12.3. The summed E-state index contributed by atoms with van der Waals surface area (Å²) in [5.74, 6) is -0.365. The van der Waals surface area contributed by atoms with Gasteiger partial charge in [-0.3, -0.25) is 0 Å². The maximum absolute atomic E-state index is 12.3. The Bertz CT molecular complexity index is 338. The number of pyridine rings is 1. The molecule has 0 radical (unpaired) electrons. The quantitative estimate of drug-likeness (QED) is 0.571. The summed E-state index contributed by atoms with van der Waals surface area (Å²) < 4.78 is 38.4. The molecule has 0 aliphatic carbocycles. The zero-order valence-electron chi connectivity index (χ0n) is 7.92. The molecule has 1 N–H and O–H groups in total. The van der Waals surface area contributed by atoms with Crippen molar-refractivity contribution in [3.05, 3.63) is 18.5 Å². The number of nitrogens with zero attached hydrogens (tertiary/aromatic N) is 1. The van der Waals surface area contributed by atoms with E-state index in [0.717, 1.165) is 12.3 Å². The van der Waals surface area contributed by atoms with E-state index in [1.807, 2.05) is 0 Å². The number of hydrogen-bond donors (Lipinski definition) is 1. The molecule has 0 aromatic carbocycles. The second-order valence-corrected chi connectivity index (χ2v) is 3.44. The molecule has 0 atom stereocenters. The molecule has 14 heavy (non-hydrogen) atoms. The van der Waals surface area contributed by atoms with Crippen molar-refractivity contribution >= 4 is 12.4 Å². The standard InChI is InChI=1S/C8H11BF3NO/c1-6(2)13-4-7(9(10,11)12)3-8(14)5-13/h3-6,14H,1-2H3. The zero-order valence-corrected chi connectivity index (χ0v) is 7.92. The molecular weight excluding hydrogens is 194 g/mol. The van der Waals surface area contributed by atoms with E-state index in [1.165, 1.54) is 10.8 Å². The van der Waals surface area contributed by atoms with Gasteiger partial charge in [0.15, 0.2) is 11.8 Å². The van der Waals surface area contributed by atoms with Gasteiger partial charge in [0.05, 0.1) is 0 Å². The molecule has 0 saturated heterocycles. The number of aromatic hydroxyl groups is 1. The molecule has 1 rings (SSSR count). The van der Waals surface area contributed by atoms with Gasteiger partial charge in [0, 0.05) is 0 Å². The van der Waals surface area contributed by atoms with Crippen LogP contribution >= 0.6 is 0 Å². The Morgan fingerprint density at radius 1 is 1.29 bits per heavy atom. The molecule has 6 heteroatoms. The lowest BCUT2D eigenvalue weighted by Gasteiger charge is -2.14. The zero-order chi connectivity index (χ0) is 10.9. The molecule has 0 aliphatic rings. The second-order valence-electron chi connectivity index (χ2n) is 3.44. The Morgan fingerprint density at radius 3 is 2.29 bits per heavy atom. The van der Waals surface area contributed by atoms with Crippen molar-refractivity contribution in [2.24, 2.45) is 0 Å². The fourth-order valence-corrected chi connectivity index (χ4v) is 1.08. The highest BCUT2D eigenvalue weighted by Crippen LogP contribution is 2.11. The Balaban J connectivity index is 3.21. The Hall–Kier alpha value is -1.20. The number of rotatable bonds is 2. The average molecular weight is 205 g/mol. The van der Waals surface area contributed by atoms with Gasteiger partial charge < -0.3 is 18.1 Å². The van der Waals surface area contributed by atoms with Gasteiger partial charge in [0.2, 0.25) is 6.20 Å². The van der Waals surface area contributed by atoms with Crippen LogP contribution in [0.1, 0.15) is 19.9 Å². The van der Waals surface area contributed by atoms with Gasteiger partial charge in [0.25, 0.3) is 0 Å². The van der Waals surface area contributed by atoms with Crippen LogP contribution in [0, 0.1) is 0 Å². The van der Waals surface area contributed by atoms with Crippen LogP contribution < -0.4 is 10.0 Å². The largest absolute Gasteiger partial charge is 0.515 e. The van der Waals surface area contributed by atoms with Crippen molar-refractivity contribution in [3.8, 4) is 5.75 Å². The van der Waals surface area contributed by atoms with Crippen molar-refractivity contribution in [1.29, 1.82) is 0 Å². The molecular formula is C8H11BF3NO. The van der Waals surface area contributed by atoms with Crippen molar-refractivity contribution in [1.82, 2.24) is 0 Å². The highest BCUT2D eigenvalue weighted by molar-refractivity contribution is 6.73. The summed E-state index contributed by atoms with van der Waals surface area (Å²) in [5.41, 5.74) is -0.779. The first-order chi connectivity index (χ1) is 6.30. The fraction of sp³-hybridized carbons (Fsp3) is 0.375. The third-order valence-corrected chi connectivity index (χ3v) is 1.87. The fourth-order valence-electron chi connectivity index (χ4n) is 1.08. The lowest BCUT2D eigenvalue weighted by molar-refractivity contribution is -0.715. The third kappa shape index (κ3) is 2.40. The van der Waals surface area contributed by atoms with Gasteiger partial charge in [0.1, 0.15) is 6.20 Å². The Morgan fingerprint density at radius 2 is 1.86 bits per heavy atom. The molecule has 2 nitrogen and oxygen atoms in total. The number of aromatic nitrogens is 1. The molecule has 0 fully saturated rings. The van der Waals surface area contributed by atoms with Crippen molar-refractivity contribution < 1.29 is 22.6 Å². The van der Waals surface area contributed by atoms with Crippen LogP contribution in [0.25, 0.3) is 0 Å². The van der Waals surface area contributed by atoms with Crippen LogP contribution in [0.4, 0.5) is 12.9 Å². The third-order valence-electron chi connectivity index (χ3n) is 1.87. The molecule has 0 saturated carbocycles. The van der Waals surface area contributed by atoms with Gasteiger partial charge in [-0.15, -0.1) is 0 Å². The summed E-state index contributed by atoms with van der Waals surface area (Å²) >= 11 is 0. The van der Waals surface area contributed by atoms with E-state index < -0.39 is 12.4 Å². The number of hydrogen-bond acceptors (Lipinski definition) is 1. The van der Waals surface area contributed by atoms with Crippen LogP contribution in [-0.2, 0) is 0 Å². The Kier molecular flexibility index (Phi) is 2.73. The van der Waals surface area contributed by atoms with Gasteiger partial charge in [-0.2, -0.15) is 0 Å². The van der Waals surface area contributed by atoms with E-state index in [2.05, 4.69) is 0 Å².